The van der Waals surface area contributed by atoms with Crippen molar-refractivity contribution in [2.75, 3.05) is 33.1 Å². The molecule has 0 heterocycles. The molecule has 2 aromatic carbocycles. The Morgan fingerprint density at radius 2 is 1.55 bits per heavy atom. The largest absolute Gasteiger partial charge is 0.507 e. The predicted octanol–water partition coefficient (Wildman–Crippen LogP) is 5.45. The predicted molar refractivity (Wildman–Crippen MR) is 126 cm³/mol. The summed E-state index contributed by atoms with van der Waals surface area (Å²) in [4.78, 5) is 22.1. The lowest BCUT2D eigenvalue weighted by atomic mass is 10.2. The molecule has 1 N–H and O–H groups in total. The van der Waals surface area contributed by atoms with Crippen molar-refractivity contribution in [1.29, 1.82) is 0 Å². The lowest BCUT2D eigenvalue weighted by Gasteiger charge is -2.14. The summed E-state index contributed by atoms with van der Waals surface area (Å²) in [6, 6.07) is 12.9. The maximum Gasteiger partial charge on any atom is 0.341 e. The van der Waals surface area contributed by atoms with Gasteiger partial charge in [-0.15, -0.1) is 0 Å². The Kier molecular flexibility index (Phi) is 13.1. The second kappa shape index (κ2) is 15.2. The van der Waals surface area contributed by atoms with Crippen LogP contribution in [0.15, 0.2) is 60.7 Å². The number of carbonyl (C=O) groups excluding carboxylic acids is 2. The van der Waals surface area contributed by atoms with Gasteiger partial charge in [-0.1, -0.05) is 36.4 Å². The summed E-state index contributed by atoms with van der Waals surface area (Å²) in [5, 5.41) is 8.54. The standard InChI is InChI=1S/C15H20ClO5P.C8H8O3/c1-3-20-22(18,21-4-2)12-8-7-11-19-14-10-6-5-9-13(14)15(16)17;1-11-8(10)6-4-2-3-5-7(6)9/h5-10H,3-4,11-12H2,1-2H3;2-5,9H,1H3/b8-7+;. The van der Waals surface area contributed by atoms with Gasteiger partial charge in [0.1, 0.15) is 23.7 Å². The van der Waals surface area contributed by atoms with Gasteiger partial charge in [0.25, 0.3) is 5.24 Å². The third kappa shape index (κ3) is 10.2. The Labute approximate surface area is 198 Å². The number of rotatable bonds is 11. The monoisotopic (exact) mass is 498 g/mol. The van der Waals surface area contributed by atoms with E-state index in [4.69, 9.17) is 30.5 Å². The molecule has 2 rings (SSSR count). The Hall–Kier alpha value is -2.64. The number of aromatic hydroxyl groups is 1. The highest BCUT2D eigenvalue weighted by molar-refractivity contribution is 7.54. The molecular weight excluding hydrogens is 471 g/mol. The van der Waals surface area contributed by atoms with E-state index in [0.29, 0.717) is 24.5 Å². The highest BCUT2D eigenvalue weighted by Crippen LogP contribution is 2.47. The second-order valence-corrected chi connectivity index (χ2v) is 8.64. The smallest absolute Gasteiger partial charge is 0.341 e. The van der Waals surface area contributed by atoms with E-state index < -0.39 is 18.8 Å². The van der Waals surface area contributed by atoms with E-state index in [-0.39, 0.29) is 24.1 Å². The molecule has 0 amide bonds. The fourth-order valence-electron chi connectivity index (χ4n) is 2.46. The number of hydrogen-bond acceptors (Lipinski definition) is 8. The fourth-order valence-corrected chi connectivity index (χ4v) is 4.09. The normalized spacial score (nSPS) is 10.9. The third-order valence-electron chi connectivity index (χ3n) is 3.89. The second-order valence-electron chi connectivity index (χ2n) is 6.19. The minimum atomic E-state index is -3.07. The van der Waals surface area contributed by atoms with Crippen LogP contribution in [-0.2, 0) is 18.3 Å². The first-order valence-electron chi connectivity index (χ1n) is 10.1. The van der Waals surface area contributed by atoms with Crippen molar-refractivity contribution in [3.63, 3.8) is 0 Å². The first-order chi connectivity index (χ1) is 15.8. The van der Waals surface area contributed by atoms with E-state index >= 15 is 0 Å². The van der Waals surface area contributed by atoms with E-state index in [1.807, 2.05) is 0 Å². The van der Waals surface area contributed by atoms with Gasteiger partial charge in [0.05, 0.1) is 32.0 Å². The number of methoxy groups -OCH3 is 1. The Morgan fingerprint density at radius 1 is 0.970 bits per heavy atom. The summed E-state index contributed by atoms with van der Waals surface area (Å²) in [5.74, 6) is -0.174. The van der Waals surface area contributed by atoms with Crippen molar-refractivity contribution in [1.82, 2.24) is 0 Å². The molecule has 0 unspecified atom stereocenters. The Morgan fingerprint density at radius 3 is 2.09 bits per heavy atom. The summed E-state index contributed by atoms with van der Waals surface area (Å²) in [7, 11) is -1.80. The number of phenolic OH excluding ortho intramolecular Hbond substituents is 1. The number of para-hydroxylation sites is 2. The zero-order valence-corrected chi connectivity index (χ0v) is 20.4. The van der Waals surface area contributed by atoms with Gasteiger partial charge in [-0.3, -0.25) is 9.36 Å². The van der Waals surface area contributed by atoms with Crippen molar-refractivity contribution in [3.8, 4) is 11.5 Å². The minimum Gasteiger partial charge on any atom is -0.507 e. The van der Waals surface area contributed by atoms with E-state index in [9.17, 15) is 14.2 Å². The zero-order valence-electron chi connectivity index (χ0n) is 18.7. The van der Waals surface area contributed by atoms with Gasteiger partial charge < -0.3 is 23.6 Å². The van der Waals surface area contributed by atoms with Crippen LogP contribution in [0.2, 0.25) is 0 Å². The SMILES string of the molecule is CCOP(=O)(C/C=C/COc1ccccc1C(=O)Cl)OCC.COC(=O)c1ccccc1O. The molecule has 180 valence electrons. The van der Waals surface area contributed by atoms with Crippen molar-refractivity contribution in [2.24, 2.45) is 0 Å². The minimum absolute atomic E-state index is 0.0562. The molecular formula is C23H28ClO8P. The number of ether oxygens (including phenoxy) is 2. The maximum absolute atomic E-state index is 12.2. The number of allylic oxidation sites excluding steroid dienone is 1. The van der Waals surface area contributed by atoms with Gasteiger partial charge in [0.2, 0.25) is 0 Å². The molecule has 33 heavy (non-hydrogen) atoms. The third-order valence-corrected chi connectivity index (χ3v) is 6.06. The molecule has 10 heteroatoms. The molecule has 0 aromatic heterocycles. The van der Waals surface area contributed by atoms with Crippen LogP contribution in [0, 0.1) is 0 Å². The van der Waals surface area contributed by atoms with Gasteiger partial charge in [0, 0.05) is 0 Å². The van der Waals surface area contributed by atoms with Crippen molar-refractivity contribution in [3.05, 3.63) is 71.8 Å². The van der Waals surface area contributed by atoms with E-state index in [1.54, 1.807) is 62.4 Å². The van der Waals surface area contributed by atoms with Gasteiger partial charge in [-0.25, -0.2) is 4.79 Å². The van der Waals surface area contributed by atoms with Crippen LogP contribution >= 0.6 is 19.2 Å². The lowest BCUT2D eigenvalue weighted by Crippen LogP contribution is -2.01. The topological polar surface area (TPSA) is 108 Å². The van der Waals surface area contributed by atoms with Gasteiger partial charge in [-0.05, 0) is 49.7 Å². The molecule has 0 radical (unpaired) electrons. The number of carbonyl (C=O) groups is 2. The first-order valence-corrected chi connectivity index (χ1v) is 12.2. The highest BCUT2D eigenvalue weighted by atomic mass is 35.5. The average Bonchev–Trinajstić information content (AvgIpc) is 2.79. The average molecular weight is 499 g/mol. The number of hydrogen-bond donors (Lipinski definition) is 1. The van der Waals surface area contributed by atoms with E-state index in [1.165, 1.54) is 19.2 Å². The molecule has 0 bridgehead atoms. The van der Waals surface area contributed by atoms with Crippen molar-refractivity contribution >= 4 is 30.4 Å². The fraction of sp³-hybridized carbons (Fsp3) is 0.304. The van der Waals surface area contributed by atoms with Crippen molar-refractivity contribution < 1.29 is 37.8 Å². The quantitative estimate of drug-likeness (QED) is 0.189. The number of benzene rings is 2. The zero-order chi connectivity index (χ0) is 24.7. The lowest BCUT2D eigenvalue weighted by molar-refractivity contribution is 0.0597. The van der Waals surface area contributed by atoms with Crippen LogP contribution in [-0.4, -0.2) is 49.4 Å². The summed E-state index contributed by atoms with van der Waals surface area (Å²) in [5.41, 5.74) is 0.502. The van der Waals surface area contributed by atoms with Crippen LogP contribution in [0.5, 0.6) is 11.5 Å². The summed E-state index contributed by atoms with van der Waals surface area (Å²) in [6.07, 6.45) is 3.55. The van der Waals surface area contributed by atoms with Crippen LogP contribution in [0.25, 0.3) is 0 Å². The molecule has 8 nitrogen and oxygen atoms in total. The Balaban J connectivity index is 0.000000412. The summed E-state index contributed by atoms with van der Waals surface area (Å²) < 4.78 is 32.4. The molecule has 0 aliphatic rings. The van der Waals surface area contributed by atoms with E-state index in [2.05, 4.69) is 4.74 Å². The van der Waals surface area contributed by atoms with Gasteiger partial charge in [0.15, 0.2) is 0 Å². The number of esters is 1. The van der Waals surface area contributed by atoms with Crippen molar-refractivity contribution in [2.45, 2.75) is 13.8 Å². The number of phenols is 1. The first kappa shape index (κ1) is 28.4. The molecule has 0 fully saturated rings. The van der Waals surface area contributed by atoms with Gasteiger partial charge >= 0.3 is 13.6 Å². The Bertz CT molecular complexity index is 966. The van der Waals surface area contributed by atoms with E-state index in [0.717, 1.165) is 0 Å². The van der Waals surface area contributed by atoms with Crippen LogP contribution in [0.3, 0.4) is 0 Å². The molecule has 0 aliphatic carbocycles. The molecule has 0 spiro atoms. The molecule has 0 atom stereocenters. The highest BCUT2D eigenvalue weighted by Gasteiger charge is 2.21. The number of halogens is 1. The van der Waals surface area contributed by atoms with Crippen LogP contribution in [0.4, 0.5) is 0 Å². The van der Waals surface area contributed by atoms with Crippen LogP contribution in [0.1, 0.15) is 34.6 Å². The molecule has 0 saturated heterocycles. The van der Waals surface area contributed by atoms with Gasteiger partial charge in [-0.2, -0.15) is 0 Å². The maximum atomic E-state index is 12.2. The molecule has 0 saturated carbocycles. The summed E-state index contributed by atoms with van der Waals surface area (Å²) in [6.45, 7) is 4.40. The molecule has 0 aliphatic heterocycles. The summed E-state index contributed by atoms with van der Waals surface area (Å²) >= 11 is 5.47. The van der Waals surface area contributed by atoms with Crippen LogP contribution < -0.4 is 4.74 Å². The molecule has 2 aromatic rings.